The summed E-state index contributed by atoms with van der Waals surface area (Å²) in [6.07, 6.45) is -0.959. The van der Waals surface area contributed by atoms with Crippen molar-refractivity contribution in [1.82, 2.24) is 0 Å². The number of anilines is 1. The molecule has 136 valence electrons. The normalized spacial score (nSPS) is 13.0. The molecule has 2 aromatic carbocycles. The molecule has 2 aromatic rings. The van der Waals surface area contributed by atoms with Crippen molar-refractivity contribution in [3.8, 4) is 17.2 Å². The van der Waals surface area contributed by atoms with Crippen molar-refractivity contribution in [3.05, 3.63) is 48.0 Å². The number of ether oxygens (including phenoxy) is 4. The van der Waals surface area contributed by atoms with Gasteiger partial charge in [-0.1, -0.05) is 0 Å². The van der Waals surface area contributed by atoms with E-state index in [1.165, 1.54) is 6.92 Å². The molecule has 1 aliphatic rings. The van der Waals surface area contributed by atoms with Crippen molar-refractivity contribution < 1.29 is 28.5 Å². The maximum atomic E-state index is 12.2. The number of nitrogens with one attached hydrogen (secondary N) is 1. The summed E-state index contributed by atoms with van der Waals surface area (Å²) in [5, 5.41) is 2.68. The van der Waals surface area contributed by atoms with Gasteiger partial charge in [0.2, 0.25) is 6.79 Å². The van der Waals surface area contributed by atoms with Crippen molar-refractivity contribution in [2.24, 2.45) is 0 Å². The zero-order valence-corrected chi connectivity index (χ0v) is 14.5. The highest BCUT2D eigenvalue weighted by molar-refractivity contribution is 5.97. The lowest BCUT2D eigenvalue weighted by molar-refractivity contribution is -0.123. The Balaban J connectivity index is 1.57. The first-order valence-corrected chi connectivity index (χ1v) is 8.21. The fourth-order valence-corrected chi connectivity index (χ4v) is 2.35. The summed E-state index contributed by atoms with van der Waals surface area (Å²) >= 11 is 0. The van der Waals surface area contributed by atoms with Gasteiger partial charge in [0.25, 0.3) is 5.91 Å². The van der Waals surface area contributed by atoms with Crippen LogP contribution in [0.3, 0.4) is 0 Å². The summed E-state index contributed by atoms with van der Waals surface area (Å²) in [7, 11) is 0. The number of hydrogen-bond acceptors (Lipinski definition) is 6. The van der Waals surface area contributed by atoms with Crippen molar-refractivity contribution in [2.75, 3.05) is 18.7 Å². The summed E-state index contributed by atoms with van der Waals surface area (Å²) in [5.41, 5.74) is 0.874. The second-order valence-electron chi connectivity index (χ2n) is 5.56. The van der Waals surface area contributed by atoms with E-state index in [1.807, 2.05) is 6.92 Å². The summed E-state index contributed by atoms with van der Waals surface area (Å²) in [6, 6.07) is 11.6. The number of fused-ring (bicyclic) bond motifs is 1. The van der Waals surface area contributed by atoms with Crippen LogP contribution in [0.15, 0.2) is 42.5 Å². The second kappa shape index (κ2) is 7.77. The number of carbonyl (C=O) groups excluding carboxylic acids is 2. The average molecular weight is 357 g/mol. The lowest BCUT2D eigenvalue weighted by atomic mass is 10.2. The molecular formula is C19H19NO6. The molecule has 1 heterocycles. The highest BCUT2D eigenvalue weighted by atomic mass is 16.7. The van der Waals surface area contributed by atoms with E-state index in [-0.39, 0.29) is 6.79 Å². The van der Waals surface area contributed by atoms with Gasteiger partial charge in [-0.25, -0.2) is 4.79 Å². The zero-order valence-electron chi connectivity index (χ0n) is 14.5. The topological polar surface area (TPSA) is 83.1 Å². The molecule has 0 spiro atoms. The highest BCUT2D eigenvalue weighted by Gasteiger charge is 2.20. The molecule has 0 radical (unpaired) electrons. The molecule has 0 bridgehead atoms. The van der Waals surface area contributed by atoms with Gasteiger partial charge in [0.1, 0.15) is 5.75 Å². The predicted octanol–water partition coefficient (Wildman–Crippen LogP) is 3.00. The van der Waals surface area contributed by atoms with Gasteiger partial charge < -0.3 is 24.3 Å². The first-order valence-electron chi connectivity index (χ1n) is 8.21. The fraction of sp³-hybridized carbons (Fsp3) is 0.263. The van der Waals surface area contributed by atoms with Crippen LogP contribution in [0.25, 0.3) is 0 Å². The SMILES string of the molecule is CCOc1ccc(C(=O)OC(C)C(=O)Nc2ccc3c(c2)OCO3)cc1. The van der Waals surface area contributed by atoms with Gasteiger partial charge in [0, 0.05) is 11.8 Å². The minimum Gasteiger partial charge on any atom is -0.494 e. The zero-order chi connectivity index (χ0) is 18.5. The van der Waals surface area contributed by atoms with E-state index in [0.29, 0.717) is 35.1 Å². The Hall–Kier alpha value is -3.22. The van der Waals surface area contributed by atoms with Crippen LogP contribution < -0.4 is 19.5 Å². The molecule has 0 aromatic heterocycles. The van der Waals surface area contributed by atoms with Gasteiger partial charge in [-0.05, 0) is 50.2 Å². The number of benzene rings is 2. The van der Waals surface area contributed by atoms with E-state index >= 15 is 0 Å². The maximum absolute atomic E-state index is 12.2. The standard InChI is InChI=1S/C19H19NO6/c1-3-23-15-7-4-13(5-8-15)19(22)26-12(2)18(21)20-14-6-9-16-17(10-14)25-11-24-16/h4-10,12H,3,11H2,1-2H3,(H,20,21). The number of amides is 1. The van der Waals surface area contributed by atoms with Crippen molar-refractivity contribution in [1.29, 1.82) is 0 Å². The van der Waals surface area contributed by atoms with E-state index in [9.17, 15) is 9.59 Å². The Labute approximate surface area is 150 Å². The van der Waals surface area contributed by atoms with Crippen LogP contribution in [0.4, 0.5) is 5.69 Å². The average Bonchev–Trinajstić information content (AvgIpc) is 3.10. The van der Waals surface area contributed by atoms with Gasteiger partial charge in [0.05, 0.1) is 12.2 Å². The predicted molar refractivity (Wildman–Crippen MR) is 93.7 cm³/mol. The molecule has 7 nitrogen and oxygen atoms in total. The Bertz CT molecular complexity index is 802. The number of hydrogen-bond donors (Lipinski definition) is 1. The third-order valence-corrected chi connectivity index (χ3v) is 3.69. The summed E-state index contributed by atoms with van der Waals surface area (Å²) in [4.78, 5) is 24.4. The Morgan fingerprint density at radius 1 is 1.12 bits per heavy atom. The lowest BCUT2D eigenvalue weighted by Crippen LogP contribution is -2.30. The molecule has 0 aliphatic carbocycles. The molecule has 0 saturated heterocycles. The van der Waals surface area contributed by atoms with Crippen LogP contribution in [0, 0.1) is 0 Å². The van der Waals surface area contributed by atoms with Crippen LogP contribution in [0.1, 0.15) is 24.2 Å². The molecule has 26 heavy (non-hydrogen) atoms. The third-order valence-electron chi connectivity index (χ3n) is 3.69. The van der Waals surface area contributed by atoms with E-state index in [1.54, 1.807) is 42.5 Å². The molecule has 0 fully saturated rings. The summed E-state index contributed by atoms with van der Waals surface area (Å²) in [5.74, 6) is 0.821. The van der Waals surface area contributed by atoms with Gasteiger partial charge >= 0.3 is 5.97 Å². The minimum absolute atomic E-state index is 0.156. The van der Waals surface area contributed by atoms with Gasteiger partial charge in [-0.3, -0.25) is 4.79 Å². The van der Waals surface area contributed by atoms with Crippen LogP contribution >= 0.6 is 0 Å². The van der Waals surface area contributed by atoms with Crippen LogP contribution in [-0.2, 0) is 9.53 Å². The third kappa shape index (κ3) is 4.05. The van der Waals surface area contributed by atoms with Crippen LogP contribution in [-0.4, -0.2) is 31.4 Å². The quantitative estimate of drug-likeness (QED) is 0.800. The highest BCUT2D eigenvalue weighted by Crippen LogP contribution is 2.34. The molecule has 0 saturated carbocycles. The minimum atomic E-state index is -0.959. The second-order valence-corrected chi connectivity index (χ2v) is 5.56. The monoisotopic (exact) mass is 357 g/mol. The van der Waals surface area contributed by atoms with E-state index in [4.69, 9.17) is 18.9 Å². The van der Waals surface area contributed by atoms with Crippen LogP contribution in [0.2, 0.25) is 0 Å². The van der Waals surface area contributed by atoms with Gasteiger partial charge in [-0.2, -0.15) is 0 Å². The molecule has 7 heteroatoms. The Morgan fingerprint density at radius 3 is 2.58 bits per heavy atom. The Morgan fingerprint density at radius 2 is 1.85 bits per heavy atom. The van der Waals surface area contributed by atoms with E-state index in [0.717, 1.165) is 0 Å². The van der Waals surface area contributed by atoms with Crippen molar-refractivity contribution in [2.45, 2.75) is 20.0 Å². The van der Waals surface area contributed by atoms with Gasteiger partial charge in [0.15, 0.2) is 17.6 Å². The first kappa shape index (κ1) is 17.6. The number of carbonyl (C=O) groups is 2. The summed E-state index contributed by atoms with van der Waals surface area (Å²) in [6.45, 7) is 4.08. The number of rotatable bonds is 6. The maximum Gasteiger partial charge on any atom is 0.338 e. The number of esters is 1. The summed E-state index contributed by atoms with van der Waals surface area (Å²) < 4.78 is 21.0. The van der Waals surface area contributed by atoms with Crippen molar-refractivity contribution >= 4 is 17.6 Å². The molecule has 1 aliphatic heterocycles. The van der Waals surface area contributed by atoms with Crippen molar-refractivity contribution in [3.63, 3.8) is 0 Å². The van der Waals surface area contributed by atoms with E-state index in [2.05, 4.69) is 5.32 Å². The van der Waals surface area contributed by atoms with Gasteiger partial charge in [-0.15, -0.1) is 0 Å². The molecule has 1 N–H and O–H groups in total. The molecule has 1 atom stereocenters. The fourth-order valence-electron chi connectivity index (χ4n) is 2.35. The Kier molecular flexibility index (Phi) is 5.26. The van der Waals surface area contributed by atoms with E-state index < -0.39 is 18.0 Å². The van der Waals surface area contributed by atoms with Crippen LogP contribution in [0.5, 0.6) is 17.2 Å². The first-order chi connectivity index (χ1) is 12.6. The smallest absolute Gasteiger partial charge is 0.338 e. The molecular weight excluding hydrogens is 338 g/mol. The largest absolute Gasteiger partial charge is 0.494 e. The lowest BCUT2D eigenvalue weighted by Gasteiger charge is -2.14. The molecule has 1 amide bonds. The molecule has 1 unspecified atom stereocenters. The molecule has 3 rings (SSSR count).